The van der Waals surface area contributed by atoms with Crippen molar-refractivity contribution in [2.24, 2.45) is 0 Å². The summed E-state index contributed by atoms with van der Waals surface area (Å²) in [4.78, 5) is 0. The van der Waals surface area contributed by atoms with E-state index in [-0.39, 0.29) is 18.3 Å². The number of hydrogen-bond acceptors (Lipinski definition) is 3. The number of ether oxygens (including phenoxy) is 1. The molecule has 2 aromatic rings. The summed E-state index contributed by atoms with van der Waals surface area (Å²) >= 11 is 0. The van der Waals surface area contributed by atoms with Crippen molar-refractivity contribution in [3.05, 3.63) is 35.2 Å². The van der Waals surface area contributed by atoms with E-state index < -0.39 is 20.2 Å². The third kappa shape index (κ3) is 4.24. The van der Waals surface area contributed by atoms with E-state index in [0.29, 0.717) is 16.8 Å². The molecule has 140 valence electrons. The summed E-state index contributed by atoms with van der Waals surface area (Å²) in [6, 6.07) is 4.59. The van der Waals surface area contributed by atoms with Gasteiger partial charge in [0.1, 0.15) is 0 Å². The van der Waals surface area contributed by atoms with Crippen LogP contribution >= 0.6 is 0 Å². The van der Waals surface area contributed by atoms with Crippen LogP contribution in [0.3, 0.4) is 0 Å². The van der Waals surface area contributed by atoms with E-state index in [1.54, 1.807) is 12.1 Å². The minimum atomic E-state index is -4.49. The average Bonchev–Trinajstić information content (AvgIpc) is 2.91. The Labute approximate surface area is 147 Å². The normalized spacial score (nSPS) is 13.6. The van der Waals surface area contributed by atoms with E-state index in [0.717, 1.165) is 6.07 Å². The second kappa shape index (κ2) is 6.73. The third-order valence-electron chi connectivity index (χ3n) is 4.76. The molecule has 0 bridgehead atoms. The number of rotatable bonds is 5. The molecule has 0 aliphatic rings. The molecule has 0 aliphatic heterocycles. The van der Waals surface area contributed by atoms with E-state index in [1.807, 2.05) is 0 Å². The fourth-order valence-corrected chi connectivity index (χ4v) is 3.12. The molecule has 4 nitrogen and oxygen atoms in total. The zero-order valence-corrected chi connectivity index (χ0v) is 16.5. The van der Waals surface area contributed by atoms with Gasteiger partial charge in [0.25, 0.3) is 0 Å². The van der Waals surface area contributed by atoms with Gasteiger partial charge in [-0.05, 0) is 30.3 Å². The SMILES string of the molecule is COCc1ccc(CO[Si](C)(C)C(C)(C)C)c2cc(C(F)(F)F)nn12. The maximum Gasteiger partial charge on any atom is 0.435 e. The first-order valence-corrected chi connectivity index (χ1v) is 11.0. The lowest BCUT2D eigenvalue weighted by Crippen LogP contribution is -2.40. The standard InChI is InChI=1S/C17H25F3N2O2Si/c1-16(2,3)25(5,6)24-10-12-7-8-13(11-23-4)22-14(12)9-15(21-22)17(18,19)20/h7-9H,10-11H2,1-6H3. The van der Waals surface area contributed by atoms with Gasteiger partial charge in [-0.25, -0.2) is 4.52 Å². The summed E-state index contributed by atoms with van der Waals surface area (Å²) in [5.74, 6) is 0. The molecule has 0 radical (unpaired) electrons. The molecule has 8 heteroatoms. The summed E-state index contributed by atoms with van der Waals surface area (Å²) < 4.78 is 51.8. The van der Waals surface area contributed by atoms with Crippen LogP contribution in [0, 0.1) is 0 Å². The number of fused-ring (bicyclic) bond motifs is 1. The van der Waals surface area contributed by atoms with Gasteiger partial charge in [-0.1, -0.05) is 26.8 Å². The Morgan fingerprint density at radius 2 is 1.76 bits per heavy atom. The van der Waals surface area contributed by atoms with Gasteiger partial charge in [0.05, 0.1) is 24.4 Å². The van der Waals surface area contributed by atoms with E-state index in [4.69, 9.17) is 9.16 Å². The molecule has 0 atom stereocenters. The van der Waals surface area contributed by atoms with Crippen LogP contribution in [0.1, 0.15) is 37.7 Å². The average molecular weight is 374 g/mol. The molecule has 0 fully saturated rings. The molecule has 0 spiro atoms. The maximum absolute atomic E-state index is 13.1. The molecule has 0 N–H and O–H groups in total. The van der Waals surface area contributed by atoms with Crippen molar-refractivity contribution in [3.8, 4) is 0 Å². The minimum absolute atomic E-state index is 0.0245. The minimum Gasteiger partial charge on any atom is -0.412 e. The van der Waals surface area contributed by atoms with Crippen LogP contribution < -0.4 is 0 Å². The molecule has 2 aromatic heterocycles. The molecule has 0 aromatic carbocycles. The van der Waals surface area contributed by atoms with Crippen molar-refractivity contribution in [3.63, 3.8) is 0 Å². The smallest absolute Gasteiger partial charge is 0.412 e. The van der Waals surface area contributed by atoms with Crippen molar-refractivity contribution in [2.75, 3.05) is 7.11 Å². The van der Waals surface area contributed by atoms with Crippen LogP contribution in [-0.2, 0) is 28.6 Å². The second-order valence-electron chi connectivity index (χ2n) is 7.66. The Bertz CT molecular complexity index is 749. The number of hydrogen-bond donors (Lipinski definition) is 0. The molecule has 0 saturated heterocycles. The second-order valence-corrected chi connectivity index (χ2v) is 12.5. The largest absolute Gasteiger partial charge is 0.435 e. The van der Waals surface area contributed by atoms with Gasteiger partial charge in [0.15, 0.2) is 14.0 Å². The molecule has 0 amide bonds. The van der Waals surface area contributed by atoms with Crippen LogP contribution in [-0.4, -0.2) is 25.0 Å². The lowest BCUT2D eigenvalue weighted by molar-refractivity contribution is -0.141. The molecule has 25 heavy (non-hydrogen) atoms. The van der Waals surface area contributed by atoms with Crippen molar-refractivity contribution in [1.82, 2.24) is 9.61 Å². The quantitative estimate of drug-likeness (QED) is 0.689. The monoisotopic (exact) mass is 374 g/mol. The van der Waals surface area contributed by atoms with Gasteiger partial charge in [-0.15, -0.1) is 0 Å². The zero-order chi connectivity index (χ0) is 19.0. The van der Waals surface area contributed by atoms with Crippen LogP contribution in [0.2, 0.25) is 18.1 Å². The van der Waals surface area contributed by atoms with E-state index >= 15 is 0 Å². The van der Waals surface area contributed by atoms with Gasteiger partial charge in [-0.3, -0.25) is 0 Å². The molecular weight excluding hydrogens is 349 g/mol. The summed E-state index contributed by atoms with van der Waals surface area (Å²) in [5, 5.41) is 3.75. The Balaban J connectivity index is 2.44. The van der Waals surface area contributed by atoms with Gasteiger partial charge < -0.3 is 9.16 Å². The van der Waals surface area contributed by atoms with Gasteiger partial charge >= 0.3 is 6.18 Å². The van der Waals surface area contributed by atoms with Gasteiger partial charge in [-0.2, -0.15) is 18.3 Å². The zero-order valence-electron chi connectivity index (χ0n) is 15.5. The highest BCUT2D eigenvalue weighted by Crippen LogP contribution is 2.37. The first kappa shape index (κ1) is 19.9. The number of nitrogens with zero attached hydrogens (tertiary/aromatic N) is 2. The fraction of sp³-hybridized carbons (Fsp3) is 0.588. The van der Waals surface area contributed by atoms with E-state index in [9.17, 15) is 13.2 Å². The third-order valence-corrected chi connectivity index (χ3v) is 9.24. The highest BCUT2D eigenvalue weighted by atomic mass is 28.4. The van der Waals surface area contributed by atoms with Crippen LogP contribution in [0.15, 0.2) is 18.2 Å². The molecule has 0 unspecified atom stereocenters. The Hall–Kier alpha value is -1.38. The Kier molecular flexibility index (Phi) is 5.37. The van der Waals surface area contributed by atoms with Crippen LogP contribution in [0.5, 0.6) is 0 Å². The van der Waals surface area contributed by atoms with Crippen molar-refractivity contribution in [1.29, 1.82) is 0 Å². The predicted octanol–water partition coefficient (Wildman–Crippen LogP) is 5.02. The van der Waals surface area contributed by atoms with Gasteiger partial charge in [0.2, 0.25) is 0 Å². The first-order chi connectivity index (χ1) is 11.4. The summed E-state index contributed by atoms with van der Waals surface area (Å²) in [5.41, 5.74) is 0.738. The van der Waals surface area contributed by atoms with Gasteiger partial charge in [0, 0.05) is 12.7 Å². The highest BCUT2D eigenvalue weighted by Gasteiger charge is 2.38. The number of aromatic nitrogens is 2. The van der Waals surface area contributed by atoms with Crippen LogP contribution in [0.25, 0.3) is 5.52 Å². The van der Waals surface area contributed by atoms with Crippen molar-refractivity contribution < 1.29 is 22.3 Å². The van der Waals surface area contributed by atoms with Crippen molar-refractivity contribution in [2.45, 2.75) is 58.3 Å². The summed E-state index contributed by atoms with van der Waals surface area (Å²) in [6.07, 6.45) is -4.49. The molecule has 0 aliphatic carbocycles. The van der Waals surface area contributed by atoms with E-state index in [2.05, 4.69) is 39.0 Å². The topological polar surface area (TPSA) is 35.8 Å². The van der Waals surface area contributed by atoms with E-state index in [1.165, 1.54) is 11.6 Å². The number of pyridine rings is 1. The molecule has 2 rings (SSSR count). The Morgan fingerprint density at radius 1 is 1.12 bits per heavy atom. The summed E-state index contributed by atoms with van der Waals surface area (Å²) in [6.45, 7) is 11.0. The predicted molar refractivity (Wildman–Crippen MR) is 92.9 cm³/mol. The fourth-order valence-electron chi connectivity index (χ4n) is 2.17. The molecular formula is C17H25F3N2O2Si. The maximum atomic E-state index is 13.1. The number of alkyl halides is 3. The lowest BCUT2D eigenvalue weighted by Gasteiger charge is -2.36. The van der Waals surface area contributed by atoms with Crippen LogP contribution in [0.4, 0.5) is 13.2 Å². The summed E-state index contributed by atoms with van der Waals surface area (Å²) in [7, 11) is -0.516. The first-order valence-electron chi connectivity index (χ1n) is 8.07. The molecule has 2 heterocycles. The number of halogens is 3. The number of methoxy groups -OCH3 is 1. The Morgan fingerprint density at radius 3 is 2.28 bits per heavy atom. The molecule has 0 saturated carbocycles. The van der Waals surface area contributed by atoms with Crippen molar-refractivity contribution >= 4 is 13.8 Å². The highest BCUT2D eigenvalue weighted by molar-refractivity contribution is 6.74. The lowest BCUT2D eigenvalue weighted by atomic mass is 10.2.